The van der Waals surface area contributed by atoms with Crippen molar-refractivity contribution in [3.63, 3.8) is 0 Å². The van der Waals surface area contributed by atoms with Crippen molar-refractivity contribution in [2.24, 2.45) is 0 Å². The molecule has 0 bridgehead atoms. The molecule has 0 aromatic heterocycles. The fourth-order valence-electron chi connectivity index (χ4n) is 3.03. The van der Waals surface area contributed by atoms with Crippen LogP contribution in [-0.2, 0) is 23.7 Å². The Balaban J connectivity index is 1.33. The zero-order valence-corrected chi connectivity index (χ0v) is 18.5. The Morgan fingerprint density at radius 2 is 1.03 bits per heavy atom. The predicted octanol–water partition coefficient (Wildman–Crippen LogP) is 2.56. The number of fused-ring (bicyclic) bond motifs is 1. The lowest BCUT2D eigenvalue weighted by atomic mass is 10.1. The molecule has 0 saturated carbocycles. The summed E-state index contributed by atoms with van der Waals surface area (Å²) in [6, 6.07) is 6.85. The highest BCUT2D eigenvalue weighted by atomic mass is 16.6. The monoisotopic (exact) mass is 437 g/mol. The van der Waals surface area contributed by atoms with E-state index in [1.54, 1.807) is 24.3 Å². The third-order valence-corrected chi connectivity index (χ3v) is 4.72. The summed E-state index contributed by atoms with van der Waals surface area (Å²) in [6.45, 7) is 7.56. The number of hydrogen-bond acceptors (Lipinski definition) is 7. The van der Waals surface area contributed by atoms with Gasteiger partial charge in [0.05, 0.1) is 77.1 Å². The highest BCUT2D eigenvalue weighted by Gasteiger charge is 2.34. The molecule has 8 heteroatoms. The number of benzene rings is 1. The molecule has 1 aliphatic rings. The molecule has 1 aromatic carbocycles. The third kappa shape index (κ3) is 9.45. The van der Waals surface area contributed by atoms with E-state index in [0.29, 0.717) is 64.0 Å². The summed E-state index contributed by atoms with van der Waals surface area (Å²) in [5.41, 5.74) is 0.911. The second-order valence-electron chi connectivity index (χ2n) is 7.08. The van der Waals surface area contributed by atoms with Gasteiger partial charge >= 0.3 is 0 Å². The van der Waals surface area contributed by atoms with Gasteiger partial charge in [-0.1, -0.05) is 31.9 Å². The number of rotatable bonds is 19. The first kappa shape index (κ1) is 25.4. The maximum Gasteiger partial charge on any atom is 0.261 e. The topological polar surface area (TPSA) is 83.5 Å². The number of carbonyl (C=O) groups excluding carboxylic acids is 2. The minimum Gasteiger partial charge on any atom is -0.379 e. The summed E-state index contributed by atoms with van der Waals surface area (Å²) in [4.78, 5) is 25.7. The quantitative estimate of drug-likeness (QED) is 0.243. The van der Waals surface area contributed by atoms with Gasteiger partial charge in [0.25, 0.3) is 11.8 Å². The fraction of sp³-hybridized carbons (Fsp3) is 0.652. The van der Waals surface area contributed by atoms with Crippen LogP contribution < -0.4 is 0 Å². The summed E-state index contributed by atoms with van der Waals surface area (Å²) in [6.07, 6.45) is 3.52. The van der Waals surface area contributed by atoms with Crippen LogP contribution in [0.25, 0.3) is 0 Å². The zero-order valence-electron chi connectivity index (χ0n) is 18.5. The van der Waals surface area contributed by atoms with Crippen LogP contribution in [0.5, 0.6) is 0 Å². The molecule has 0 spiro atoms. The van der Waals surface area contributed by atoms with Gasteiger partial charge in [-0.2, -0.15) is 0 Å². The van der Waals surface area contributed by atoms with Gasteiger partial charge < -0.3 is 23.7 Å². The Morgan fingerprint density at radius 1 is 0.613 bits per heavy atom. The molecular weight excluding hydrogens is 402 g/mol. The second-order valence-corrected chi connectivity index (χ2v) is 7.08. The lowest BCUT2D eigenvalue weighted by Gasteiger charge is -2.13. The van der Waals surface area contributed by atoms with E-state index in [4.69, 9.17) is 23.7 Å². The predicted molar refractivity (Wildman–Crippen MR) is 115 cm³/mol. The molecule has 0 aliphatic carbocycles. The molecule has 1 aliphatic heterocycles. The number of nitrogens with zero attached hydrogens (tertiary/aromatic N) is 1. The van der Waals surface area contributed by atoms with Crippen molar-refractivity contribution in [1.82, 2.24) is 4.90 Å². The van der Waals surface area contributed by atoms with Crippen molar-refractivity contribution in [2.75, 3.05) is 72.6 Å². The van der Waals surface area contributed by atoms with Gasteiger partial charge in [0, 0.05) is 6.61 Å². The Labute approximate surface area is 184 Å². The van der Waals surface area contributed by atoms with Crippen molar-refractivity contribution >= 4 is 11.8 Å². The molecule has 0 radical (unpaired) electrons. The average molecular weight is 438 g/mol. The molecule has 0 N–H and O–H groups in total. The summed E-state index contributed by atoms with van der Waals surface area (Å²) in [5.74, 6) is -0.526. The van der Waals surface area contributed by atoms with Crippen LogP contribution >= 0.6 is 0 Å². The van der Waals surface area contributed by atoms with E-state index in [1.807, 2.05) is 0 Å². The first-order valence-corrected chi connectivity index (χ1v) is 11.1. The third-order valence-electron chi connectivity index (χ3n) is 4.72. The molecule has 0 atom stereocenters. The SMILES string of the molecule is CCCCCOCCOCCOCCOCCOCCN1C(=O)c2ccccc2C1=O. The average Bonchev–Trinajstić information content (AvgIpc) is 3.03. The standard InChI is InChI=1S/C23H35NO7/c1-2-3-6-10-27-12-14-29-16-18-31-19-17-30-15-13-28-11-9-24-22(25)20-7-4-5-8-21(20)23(24)26/h4-5,7-8H,2-3,6,9-19H2,1H3. The molecule has 31 heavy (non-hydrogen) atoms. The number of carbonyl (C=O) groups is 2. The molecular formula is C23H35NO7. The Morgan fingerprint density at radius 3 is 1.48 bits per heavy atom. The van der Waals surface area contributed by atoms with E-state index in [0.717, 1.165) is 13.0 Å². The maximum absolute atomic E-state index is 12.2. The van der Waals surface area contributed by atoms with Gasteiger partial charge in [0.15, 0.2) is 0 Å². The van der Waals surface area contributed by atoms with E-state index in [-0.39, 0.29) is 25.0 Å². The van der Waals surface area contributed by atoms with E-state index >= 15 is 0 Å². The molecule has 2 amide bonds. The van der Waals surface area contributed by atoms with Crippen LogP contribution in [0.15, 0.2) is 24.3 Å². The van der Waals surface area contributed by atoms with Crippen LogP contribution in [0.3, 0.4) is 0 Å². The fourth-order valence-corrected chi connectivity index (χ4v) is 3.03. The maximum atomic E-state index is 12.2. The lowest BCUT2D eigenvalue weighted by Crippen LogP contribution is -2.33. The molecule has 8 nitrogen and oxygen atoms in total. The number of hydrogen-bond donors (Lipinski definition) is 0. The van der Waals surface area contributed by atoms with E-state index < -0.39 is 0 Å². The lowest BCUT2D eigenvalue weighted by molar-refractivity contribution is -0.0119. The zero-order chi connectivity index (χ0) is 22.2. The molecule has 0 fully saturated rings. The minimum absolute atomic E-state index is 0.235. The Bertz CT molecular complexity index is 618. The van der Waals surface area contributed by atoms with E-state index in [2.05, 4.69) is 6.92 Å². The highest BCUT2D eigenvalue weighted by Crippen LogP contribution is 2.21. The largest absolute Gasteiger partial charge is 0.379 e. The molecule has 174 valence electrons. The first-order valence-electron chi connectivity index (χ1n) is 11.1. The van der Waals surface area contributed by atoms with Crippen molar-refractivity contribution in [3.8, 4) is 0 Å². The Hall–Kier alpha value is -1.84. The van der Waals surface area contributed by atoms with Crippen LogP contribution in [0.1, 0.15) is 46.9 Å². The number of ether oxygens (including phenoxy) is 5. The normalized spacial score (nSPS) is 13.3. The summed E-state index contributed by atoms with van der Waals surface area (Å²) < 4.78 is 27.2. The minimum atomic E-state index is -0.263. The molecule has 1 heterocycles. The second kappa shape index (κ2) is 15.9. The van der Waals surface area contributed by atoms with Gasteiger partial charge in [-0.05, 0) is 18.6 Å². The molecule has 2 rings (SSSR count). The number of amides is 2. The van der Waals surface area contributed by atoms with Crippen LogP contribution in [-0.4, -0.2) is 89.3 Å². The summed E-state index contributed by atoms with van der Waals surface area (Å²) in [7, 11) is 0. The van der Waals surface area contributed by atoms with Gasteiger partial charge in [-0.25, -0.2) is 0 Å². The first-order chi connectivity index (χ1) is 15.3. The Kier molecular flexibility index (Phi) is 13.0. The van der Waals surface area contributed by atoms with Crippen LogP contribution in [0, 0.1) is 0 Å². The molecule has 0 unspecified atom stereocenters. The number of unbranched alkanes of at least 4 members (excludes halogenated alkanes) is 2. The molecule has 1 aromatic rings. The smallest absolute Gasteiger partial charge is 0.261 e. The summed E-state index contributed by atoms with van der Waals surface area (Å²) >= 11 is 0. The van der Waals surface area contributed by atoms with Crippen molar-refractivity contribution in [1.29, 1.82) is 0 Å². The highest BCUT2D eigenvalue weighted by molar-refractivity contribution is 6.21. The van der Waals surface area contributed by atoms with Crippen molar-refractivity contribution in [2.45, 2.75) is 26.2 Å². The van der Waals surface area contributed by atoms with Gasteiger partial charge in [0.1, 0.15) is 0 Å². The van der Waals surface area contributed by atoms with E-state index in [9.17, 15) is 9.59 Å². The van der Waals surface area contributed by atoms with E-state index in [1.165, 1.54) is 17.7 Å². The van der Waals surface area contributed by atoms with Gasteiger partial charge in [-0.15, -0.1) is 0 Å². The number of imide groups is 1. The van der Waals surface area contributed by atoms with Gasteiger partial charge in [0.2, 0.25) is 0 Å². The van der Waals surface area contributed by atoms with Crippen molar-refractivity contribution < 1.29 is 33.3 Å². The van der Waals surface area contributed by atoms with Gasteiger partial charge in [-0.3, -0.25) is 14.5 Å². The van der Waals surface area contributed by atoms with Crippen LogP contribution in [0.4, 0.5) is 0 Å². The van der Waals surface area contributed by atoms with Crippen LogP contribution in [0.2, 0.25) is 0 Å². The summed E-state index contributed by atoms with van der Waals surface area (Å²) in [5, 5.41) is 0. The molecule has 0 saturated heterocycles. The van der Waals surface area contributed by atoms with Crippen molar-refractivity contribution in [3.05, 3.63) is 35.4 Å².